The summed E-state index contributed by atoms with van der Waals surface area (Å²) in [5.41, 5.74) is 0.495. The highest BCUT2D eigenvalue weighted by Gasteiger charge is 2.30. The van der Waals surface area contributed by atoms with E-state index in [2.05, 4.69) is 0 Å². The van der Waals surface area contributed by atoms with Crippen LogP contribution in [-0.2, 0) is 14.3 Å². The molecule has 0 fully saturated rings. The van der Waals surface area contributed by atoms with Crippen molar-refractivity contribution in [3.05, 3.63) is 35.9 Å². The molecule has 0 radical (unpaired) electrons. The Morgan fingerprint density at radius 3 is 2.29 bits per heavy atom. The van der Waals surface area contributed by atoms with Gasteiger partial charge in [-0.05, 0) is 31.9 Å². The first-order chi connectivity index (χ1) is 10.1. The van der Waals surface area contributed by atoms with Crippen LogP contribution >= 0.6 is 0 Å². The maximum atomic E-state index is 12.1. The first kappa shape index (κ1) is 17.2. The number of ether oxygens (including phenoxy) is 2. The van der Waals surface area contributed by atoms with E-state index in [1.165, 1.54) is 0 Å². The summed E-state index contributed by atoms with van der Waals surface area (Å²) in [6, 6.07) is 8.81. The van der Waals surface area contributed by atoms with Gasteiger partial charge in [-0.2, -0.15) is 0 Å². The summed E-state index contributed by atoms with van der Waals surface area (Å²) in [6.07, 6.45) is 1.63. The van der Waals surface area contributed by atoms with Crippen molar-refractivity contribution in [2.75, 3.05) is 6.61 Å². The van der Waals surface area contributed by atoms with Gasteiger partial charge in [0, 0.05) is 0 Å². The number of carbonyl (C=O) groups is 2. The number of rotatable bonds is 8. The molecular formula is C17H24O4. The largest absolute Gasteiger partial charge is 0.466 e. The molecule has 0 saturated heterocycles. The van der Waals surface area contributed by atoms with Gasteiger partial charge in [0.1, 0.15) is 6.10 Å². The lowest BCUT2D eigenvalue weighted by molar-refractivity contribution is -0.152. The molecule has 21 heavy (non-hydrogen) atoms. The summed E-state index contributed by atoms with van der Waals surface area (Å²) in [5, 5.41) is 0. The van der Waals surface area contributed by atoms with Gasteiger partial charge in [0.15, 0.2) is 0 Å². The van der Waals surface area contributed by atoms with Gasteiger partial charge in [-0.15, -0.1) is 0 Å². The molecule has 0 aliphatic rings. The predicted molar refractivity (Wildman–Crippen MR) is 81.0 cm³/mol. The second-order valence-electron chi connectivity index (χ2n) is 4.87. The van der Waals surface area contributed by atoms with E-state index in [1.807, 2.05) is 19.9 Å². The van der Waals surface area contributed by atoms with E-state index in [9.17, 15) is 9.59 Å². The van der Waals surface area contributed by atoms with Gasteiger partial charge in [-0.25, -0.2) is 4.79 Å². The normalized spacial score (nSPS) is 13.3. The van der Waals surface area contributed by atoms with Crippen molar-refractivity contribution >= 4 is 11.9 Å². The SMILES string of the molecule is CCCC(C(=O)OCC)C(CC)OC(=O)c1ccccc1. The molecule has 4 nitrogen and oxygen atoms in total. The molecule has 0 heterocycles. The Morgan fingerprint density at radius 1 is 1.10 bits per heavy atom. The highest BCUT2D eigenvalue weighted by molar-refractivity contribution is 5.89. The zero-order valence-electron chi connectivity index (χ0n) is 13.0. The van der Waals surface area contributed by atoms with Crippen LogP contribution in [0.25, 0.3) is 0 Å². The summed E-state index contributed by atoms with van der Waals surface area (Å²) in [7, 11) is 0. The zero-order chi connectivity index (χ0) is 15.7. The molecule has 116 valence electrons. The third-order valence-corrected chi connectivity index (χ3v) is 3.31. The summed E-state index contributed by atoms with van der Waals surface area (Å²) in [6.45, 7) is 6.02. The Morgan fingerprint density at radius 2 is 1.76 bits per heavy atom. The lowest BCUT2D eigenvalue weighted by atomic mass is 9.95. The van der Waals surface area contributed by atoms with Gasteiger partial charge in [-0.3, -0.25) is 4.79 Å². The van der Waals surface area contributed by atoms with Crippen LogP contribution in [0.4, 0.5) is 0 Å². The molecule has 4 heteroatoms. The average molecular weight is 292 g/mol. The molecule has 0 aliphatic carbocycles. The molecule has 1 aromatic rings. The van der Waals surface area contributed by atoms with Crippen LogP contribution in [0.2, 0.25) is 0 Å². The van der Waals surface area contributed by atoms with Crippen molar-refractivity contribution in [1.82, 2.24) is 0 Å². The average Bonchev–Trinajstić information content (AvgIpc) is 2.51. The Labute approximate surface area is 126 Å². The predicted octanol–water partition coefficient (Wildman–Crippen LogP) is 3.60. The van der Waals surface area contributed by atoms with Crippen LogP contribution in [0.3, 0.4) is 0 Å². The third-order valence-electron chi connectivity index (χ3n) is 3.31. The van der Waals surface area contributed by atoms with E-state index in [0.717, 1.165) is 6.42 Å². The van der Waals surface area contributed by atoms with E-state index in [4.69, 9.17) is 9.47 Å². The number of carbonyl (C=O) groups excluding carboxylic acids is 2. The van der Waals surface area contributed by atoms with Gasteiger partial charge in [0.25, 0.3) is 0 Å². The Hall–Kier alpha value is -1.84. The van der Waals surface area contributed by atoms with Crippen molar-refractivity contribution in [3.8, 4) is 0 Å². The molecule has 1 aromatic carbocycles. The minimum atomic E-state index is -0.447. The molecular weight excluding hydrogens is 268 g/mol. The topological polar surface area (TPSA) is 52.6 Å². The molecule has 0 spiro atoms. The minimum Gasteiger partial charge on any atom is -0.466 e. The van der Waals surface area contributed by atoms with Gasteiger partial charge >= 0.3 is 11.9 Å². The van der Waals surface area contributed by atoms with Gasteiger partial charge < -0.3 is 9.47 Å². The molecule has 0 aromatic heterocycles. The van der Waals surface area contributed by atoms with Gasteiger partial charge in [0.2, 0.25) is 0 Å². The van der Waals surface area contributed by atoms with E-state index in [0.29, 0.717) is 25.0 Å². The van der Waals surface area contributed by atoms with Gasteiger partial charge in [0.05, 0.1) is 18.1 Å². The lowest BCUT2D eigenvalue weighted by Crippen LogP contribution is -2.33. The molecule has 0 saturated carbocycles. The summed E-state index contributed by atoms with van der Waals surface area (Å²) < 4.78 is 10.6. The fourth-order valence-corrected chi connectivity index (χ4v) is 2.25. The summed E-state index contributed by atoms with van der Waals surface area (Å²) in [4.78, 5) is 24.2. The quantitative estimate of drug-likeness (QED) is 0.687. The minimum absolute atomic E-state index is 0.285. The summed E-state index contributed by atoms with van der Waals surface area (Å²) in [5.74, 6) is -1.08. The molecule has 0 amide bonds. The molecule has 2 unspecified atom stereocenters. The Kier molecular flexibility index (Phi) is 7.51. The van der Waals surface area contributed by atoms with E-state index in [-0.39, 0.29) is 5.97 Å². The summed E-state index contributed by atoms with van der Waals surface area (Å²) >= 11 is 0. The van der Waals surface area contributed by atoms with Crippen LogP contribution < -0.4 is 0 Å². The van der Waals surface area contributed by atoms with Crippen molar-refractivity contribution in [2.24, 2.45) is 5.92 Å². The van der Waals surface area contributed by atoms with Crippen molar-refractivity contribution in [2.45, 2.75) is 46.1 Å². The van der Waals surface area contributed by atoms with Gasteiger partial charge in [-0.1, -0.05) is 38.5 Å². The Balaban J connectivity index is 2.78. The van der Waals surface area contributed by atoms with E-state index >= 15 is 0 Å². The molecule has 1 rings (SSSR count). The molecule has 2 atom stereocenters. The smallest absolute Gasteiger partial charge is 0.338 e. The number of hydrogen-bond acceptors (Lipinski definition) is 4. The van der Waals surface area contributed by atoms with Crippen LogP contribution in [0.15, 0.2) is 30.3 Å². The third kappa shape index (κ3) is 5.21. The highest BCUT2D eigenvalue weighted by Crippen LogP contribution is 2.21. The molecule has 0 N–H and O–H groups in total. The fraction of sp³-hybridized carbons (Fsp3) is 0.529. The monoisotopic (exact) mass is 292 g/mol. The maximum absolute atomic E-state index is 12.1. The van der Waals surface area contributed by atoms with E-state index in [1.54, 1.807) is 31.2 Å². The molecule has 0 aliphatic heterocycles. The second kappa shape index (κ2) is 9.16. The lowest BCUT2D eigenvalue weighted by Gasteiger charge is -2.24. The molecule has 0 bridgehead atoms. The van der Waals surface area contributed by atoms with Crippen LogP contribution in [0.1, 0.15) is 50.4 Å². The van der Waals surface area contributed by atoms with Crippen LogP contribution in [0.5, 0.6) is 0 Å². The van der Waals surface area contributed by atoms with Crippen molar-refractivity contribution in [3.63, 3.8) is 0 Å². The second-order valence-corrected chi connectivity index (χ2v) is 4.87. The maximum Gasteiger partial charge on any atom is 0.338 e. The number of hydrogen-bond donors (Lipinski definition) is 0. The Bertz CT molecular complexity index is 441. The highest BCUT2D eigenvalue weighted by atomic mass is 16.6. The van der Waals surface area contributed by atoms with Crippen molar-refractivity contribution in [1.29, 1.82) is 0 Å². The number of esters is 2. The van der Waals surface area contributed by atoms with Crippen molar-refractivity contribution < 1.29 is 19.1 Å². The first-order valence-electron chi connectivity index (χ1n) is 7.56. The van der Waals surface area contributed by atoms with E-state index < -0.39 is 18.0 Å². The van der Waals surface area contributed by atoms with Crippen LogP contribution in [0, 0.1) is 5.92 Å². The zero-order valence-corrected chi connectivity index (χ0v) is 13.0. The fourth-order valence-electron chi connectivity index (χ4n) is 2.25. The number of benzene rings is 1. The first-order valence-corrected chi connectivity index (χ1v) is 7.56. The standard InChI is InChI=1S/C17H24O4/c1-4-10-14(17(19)20-6-3)15(5-2)21-16(18)13-11-8-7-9-12-13/h7-9,11-12,14-15H,4-6,10H2,1-3H3. The van der Waals surface area contributed by atoms with Crippen LogP contribution in [-0.4, -0.2) is 24.6 Å².